The predicted molar refractivity (Wildman–Crippen MR) is 77.4 cm³/mol. The van der Waals surface area contributed by atoms with Crippen molar-refractivity contribution in [1.82, 2.24) is 0 Å². The molecule has 0 aromatic carbocycles. The minimum Gasteiger partial charge on any atom is -0.478 e. The standard InChI is InChI=1S/C16H22O4/c1-11(8-14(18)19)6-7-16(20-5)12(2)9-13(17)10-15(16,3)4/h6-9H,10H2,1-5H3,(H,18,19)/b7-6+,11-8-/t16-/m1/s1. The molecular weight excluding hydrogens is 256 g/mol. The maximum atomic E-state index is 11.7. The highest BCUT2D eigenvalue weighted by molar-refractivity contribution is 5.92. The maximum Gasteiger partial charge on any atom is 0.328 e. The molecule has 0 unspecified atom stereocenters. The largest absolute Gasteiger partial charge is 0.478 e. The molecule has 0 heterocycles. The third-order valence-corrected chi connectivity index (χ3v) is 3.84. The molecule has 4 nitrogen and oxygen atoms in total. The Bertz CT molecular complexity index is 509. The van der Waals surface area contributed by atoms with Gasteiger partial charge in [0, 0.05) is 25.0 Å². The molecule has 0 radical (unpaired) electrons. The number of carboxylic acids is 1. The van der Waals surface area contributed by atoms with Gasteiger partial charge in [-0.1, -0.05) is 19.9 Å². The van der Waals surface area contributed by atoms with Crippen LogP contribution in [0, 0.1) is 5.41 Å². The lowest BCUT2D eigenvalue weighted by atomic mass is 9.64. The van der Waals surface area contributed by atoms with Crippen molar-refractivity contribution in [3.63, 3.8) is 0 Å². The number of rotatable bonds is 4. The number of methoxy groups -OCH3 is 1. The van der Waals surface area contributed by atoms with E-state index >= 15 is 0 Å². The molecule has 4 heteroatoms. The van der Waals surface area contributed by atoms with Gasteiger partial charge >= 0.3 is 5.97 Å². The zero-order chi connectivity index (χ0) is 15.6. The van der Waals surface area contributed by atoms with E-state index in [1.54, 1.807) is 26.2 Å². The Hall–Kier alpha value is -1.68. The van der Waals surface area contributed by atoms with Crippen molar-refractivity contribution in [3.8, 4) is 0 Å². The van der Waals surface area contributed by atoms with Crippen molar-refractivity contribution in [2.45, 2.75) is 39.7 Å². The lowest BCUT2D eigenvalue weighted by Crippen LogP contribution is -2.49. The van der Waals surface area contributed by atoms with Gasteiger partial charge in [-0.25, -0.2) is 4.79 Å². The summed E-state index contributed by atoms with van der Waals surface area (Å²) in [4.78, 5) is 22.4. The van der Waals surface area contributed by atoms with Gasteiger partial charge in [0.2, 0.25) is 0 Å². The van der Waals surface area contributed by atoms with Crippen LogP contribution in [0.5, 0.6) is 0 Å². The van der Waals surface area contributed by atoms with Crippen molar-refractivity contribution >= 4 is 11.8 Å². The molecule has 0 saturated heterocycles. The van der Waals surface area contributed by atoms with E-state index in [4.69, 9.17) is 9.84 Å². The first-order valence-electron chi connectivity index (χ1n) is 6.52. The number of carbonyl (C=O) groups excluding carboxylic acids is 1. The van der Waals surface area contributed by atoms with Gasteiger partial charge in [0.15, 0.2) is 5.78 Å². The van der Waals surface area contributed by atoms with Crippen LogP contribution in [0.2, 0.25) is 0 Å². The topological polar surface area (TPSA) is 63.6 Å². The van der Waals surface area contributed by atoms with E-state index in [9.17, 15) is 9.59 Å². The number of hydrogen-bond acceptors (Lipinski definition) is 3. The van der Waals surface area contributed by atoms with Crippen LogP contribution in [-0.4, -0.2) is 29.6 Å². The van der Waals surface area contributed by atoms with Crippen LogP contribution >= 0.6 is 0 Å². The predicted octanol–water partition coefficient (Wildman–Crippen LogP) is 2.90. The van der Waals surface area contributed by atoms with Gasteiger partial charge in [0.1, 0.15) is 5.60 Å². The fourth-order valence-corrected chi connectivity index (χ4v) is 2.85. The first kappa shape index (κ1) is 16.4. The van der Waals surface area contributed by atoms with E-state index in [0.29, 0.717) is 12.0 Å². The molecule has 1 N–H and O–H groups in total. The summed E-state index contributed by atoms with van der Waals surface area (Å²) in [6.07, 6.45) is 6.71. The van der Waals surface area contributed by atoms with Gasteiger partial charge in [-0.05, 0) is 37.1 Å². The van der Waals surface area contributed by atoms with Gasteiger partial charge in [0.25, 0.3) is 0 Å². The fraction of sp³-hybridized carbons (Fsp3) is 0.500. The van der Waals surface area contributed by atoms with Gasteiger partial charge < -0.3 is 9.84 Å². The summed E-state index contributed by atoms with van der Waals surface area (Å²) >= 11 is 0. The number of aliphatic carboxylic acids is 1. The summed E-state index contributed by atoms with van der Waals surface area (Å²) in [5, 5.41) is 8.73. The lowest BCUT2D eigenvalue weighted by molar-refractivity contribution is -0.131. The average molecular weight is 278 g/mol. The van der Waals surface area contributed by atoms with Gasteiger partial charge in [0.05, 0.1) is 0 Å². The Morgan fingerprint density at radius 1 is 1.45 bits per heavy atom. The molecule has 0 amide bonds. The SMILES string of the molecule is CO[C@]1(/C=C/C(C)=C\C(=O)O)C(C)=CC(=O)CC1(C)C. The molecule has 1 atom stereocenters. The smallest absolute Gasteiger partial charge is 0.328 e. The number of ether oxygens (including phenoxy) is 1. The Morgan fingerprint density at radius 3 is 2.50 bits per heavy atom. The molecule has 110 valence electrons. The van der Waals surface area contributed by atoms with E-state index in [-0.39, 0.29) is 5.78 Å². The van der Waals surface area contributed by atoms with Crippen LogP contribution in [0.25, 0.3) is 0 Å². The Balaban J connectivity index is 3.26. The second-order valence-corrected chi connectivity index (χ2v) is 5.85. The van der Waals surface area contributed by atoms with Crippen LogP contribution < -0.4 is 0 Å². The van der Waals surface area contributed by atoms with Crippen LogP contribution in [0.3, 0.4) is 0 Å². The fourth-order valence-electron chi connectivity index (χ4n) is 2.85. The summed E-state index contributed by atoms with van der Waals surface area (Å²) < 4.78 is 5.73. The lowest BCUT2D eigenvalue weighted by Gasteiger charge is -2.46. The van der Waals surface area contributed by atoms with Crippen molar-refractivity contribution < 1.29 is 19.4 Å². The number of carboxylic acid groups (broad SMARTS) is 1. The van der Waals surface area contributed by atoms with Crippen molar-refractivity contribution in [3.05, 3.63) is 35.5 Å². The second kappa shape index (κ2) is 5.75. The molecule has 0 aromatic rings. The molecule has 1 aliphatic rings. The van der Waals surface area contributed by atoms with Gasteiger partial charge in [-0.3, -0.25) is 4.79 Å². The van der Waals surface area contributed by atoms with Crippen molar-refractivity contribution in [2.24, 2.45) is 5.41 Å². The Morgan fingerprint density at radius 2 is 2.05 bits per heavy atom. The van der Waals surface area contributed by atoms with Crippen LogP contribution in [0.15, 0.2) is 35.5 Å². The third-order valence-electron chi connectivity index (χ3n) is 3.84. The number of allylic oxidation sites excluding steroid dienone is 3. The first-order valence-corrected chi connectivity index (χ1v) is 6.52. The van der Waals surface area contributed by atoms with E-state index < -0.39 is 17.0 Å². The summed E-state index contributed by atoms with van der Waals surface area (Å²) in [5.74, 6) is -0.893. The molecule has 0 aromatic heterocycles. The van der Waals surface area contributed by atoms with E-state index in [2.05, 4.69) is 0 Å². The average Bonchev–Trinajstić information content (AvgIpc) is 2.26. The van der Waals surface area contributed by atoms with Crippen molar-refractivity contribution in [1.29, 1.82) is 0 Å². The third kappa shape index (κ3) is 3.07. The first-order chi connectivity index (χ1) is 9.14. The molecule has 1 rings (SSSR count). The quantitative estimate of drug-likeness (QED) is 0.634. The maximum absolute atomic E-state index is 11.7. The summed E-state index contributed by atoms with van der Waals surface area (Å²) in [7, 11) is 1.61. The highest BCUT2D eigenvalue weighted by Gasteiger charge is 2.48. The molecule has 0 fully saturated rings. The summed E-state index contributed by atoms with van der Waals surface area (Å²) in [6.45, 7) is 7.54. The number of hydrogen-bond donors (Lipinski definition) is 1. The van der Waals surface area contributed by atoms with Crippen LogP contribution in [0.4, 0.5) is 0 Å². The Kier molecular flexibility index (Phi) is 4.71. The summed E-state index contributed by atoms with van der Waals surface area (Å²) in [6, 6.07) is 0. The van der Waals surface area contributed by atoms with E-state index in [0.717, 1.165) is 11.6 Å². The zero-order valence-corrected chi connectivity index (χ0v) is 12.7. The molecule has 1 aliphatic carbocycles. The van der Waals surface area contributed by atoms with Gasteiger partial charge in [-0.2, -0.15) is 0 Å². The molecule has 20 heavy (non-hydrogen) atoms. The normalized spacial score (nSPS) is 26.8. The molecule has 0 aliphatic heterocycles. The van der Waals surface area contributed by atoms with E-state index in [1.807, 2.05) is 26.8 Å². The van der Waals surface area contributed by atoms with E-state index in [1.165, 1.54) is 0 Å². The number of carbonyl (C=O) groups is 2. The molecule has 0 spiro atoms. The number of ketones is 1. The molecule has 0 saturated carbocycles. The highest BCUT2D eigenvalue weighted by Crippen LogP contribution is 2.46. The highest BCUT2D eigenvalue weighted by atomic mass is 16.5. The van der Waals surface area contributed by atoms with Gasteiger partial charge in [-0.15, -0.1) is 0 Å². The van der Waals surface area contributed by atoms with Crippen LogP contribution in [0.1, 0.15) is 34.1 Å². The zero-order valence-electron chi connectivity index (χ0n) is 12.7. The molecule has 0 bridgehead atoms. The summed E-state index contributed by atoms with van der Waals surface area (Å²) in [5.41, 5.74) is 0.363. The Labute approximate surface area is 119 Å². The molecular formula is C16H22O4. The minimum absolute atomic E-state index is 0.0892. The minimum atomic E-state index is -0.982. The van der Waals surface area contributed by atoms with Crippen LogP contribution in [-0.2, 0) is 14.3 Å². The van der Waals surface area contributed by atoms with Crippen molar-refractivity contribution in [2.75, 3.05) is 7.11 Å². The monoisotopic (exact) mass is 278 g/mol. The second-order valence-electron chi connectivity index (χ2n) is 5.85.